The van der Waals surface area contributed by atoms with E-state index in [9.17, 15) is 5.11 Å². The number of benzene rings is 3. The maximum atomic E-state index is 9.89. The van der Waals surface area contributed by atoms with Crippen LogP contribution in [0.25, 0.3) is 0 Å². The quantitative estimate of drug-likeness (QED) is 0.308. The van der Waals surface area contributed by atoms with Gasteiger partial charge in [0.15, 0.2) is 0 Å². The van der Waals surface area contributed by atoms with E-state index in [0.29, 0.717) is 11.7 Å². The summed E-state index contributed by atoms with van der Waals surface area (Å²) in [6.45, 7) is 2.51. The second-order valence-corrected chi connectivity index (χ2v) is 11.4. The highest BCUT2D eigenvalue weighted by atomic mass is 16.5. The normalized spacial score (nSPS) is 17.6. The van der Waals surface area contributed by atoms with E-state index in [0.717, 1.165) is 56.5 Å². The molecule has 3 aromatic rings. The Hall–Kier alpha value is -3.18. The Kier molecular flexibility index (Phi) is 8.98. The van der Waals surface area contributed by atoms with Crippen molar-refractivity contribution in [1.82, 2.24) is 4.90 Å². The first-order valence-electron chi connectivity index (χ1n) is 14.6. The number of ether oxygens (including phenoxy) is 2. The van der Waals surface area contributed by atoms with Gasteiger partial charge in [-0.05, 0) is 97.7 Å². The summed E-state index contributed by atoms with van der Waals surface area (Å²) in [6, 6.07) is 21.6. The summed E-state index contributed by atoms with van der Waals surface area (Å²) in [4.78, 5) is 4.81. The van der Waals surface area contributed by atoms with E-state index >= 15 is 0 Å². The Morgan fingerprint density at radius 2 is 1.62 bits per heavy atom. The highest BCUT2D eigenvalue weighted by molar-refractivity contribution is 5.59. The standard InChI is InChI=1S/C34H44N2O3/c1-35(29-7-5-4-6-8-29)19-20-39-31-15-9-25(10-16-31)24-36(2)34-23-32(38-3)17-18-33(34)28-12-11-27-22-30(37)14-13-26(27)21-28/h9-10,13-18,22-23,28-29,37H,4-8,11-12,19-21,24H2,1-3H3. The molecule has 208 valence electrons. The smallest absolute Gasteiger partial charge is 0.120 e. The fraction of sp³-hybridized carbons (Fsp3) is 0.471. The SMILES string of the molecule is COc1ccc(C2CCc3cc(O)ccc3C2)c(N(C)Cc2ccc(OCCN(C)C3CCCCC3)cc2)c1. The Balaban J connectivity index is 1.21. The average molecular weight is 529 g/mol. The molecule has 2 aliphatic rings. The van der Waals surface area contributed by atoms with Crippen molar-refractivity contribution in [3.05, 3.63) is 82.9 Å². The molecule has 1 saturated carbocycles. The molecule has 0 radical (unpaired) electrons. The third-order valence-electron chi connectivity index (χ3n) is 8.76. The van der Waals surface area contributed by atoms with Crippen LogP contribution < -0.4 is 14.4 Å². The minimum atomic E-state index is 0.361. The fourth-order valence-electron chi connectivity index (χ4n) is 6.40. The summed E-state index contributed by atoms with van der Waals surface area (Å²) >= 11 is 0. The van der Waals surface area contributed by atoms with E-state index in [1.807, 2.05) is 12.1 Å². The number of nitrogens with zero attached hydrogens (tertiary/aromatic N) is 2. The molecule has 0 spiro atoms. The molecule has 0 saturated heterocycles. The lowest BCUT2D eigenvalue weighted by Crippen LogP contribution is -2.36. The van der Waals surface area contributed by atoms with Crippen LogP contribution in [0.5, 0.6) is 17.2 Å². The first-order chi connectivity index (χ1) is 19.0. The number of rotatable bonds is 10. The molecule has 3 aromatic carbocycles. The Morgan fingerprint density at radius 3 is 2.38 bits per heavy atom. The maximum Gasteiger partial charge on any atom is 0.120 e. The first-order valence-corrected chi connectivity index (χ1v) is 14.6. The molecule has 39 heavy (non-hydrogen) atoms. The molecular formula is C34H44N2O3. The van der Waals surface area contributed by atoms with Crippen molar-refractivity contribution in [2.24, 2.45) is 0 Å². The van der Waals surface area contributed by atoms with Crippen molar-refractivity contribution in [2.45, 2.75) is 69.9 Å². The number of fused-ring (bicyclic) bond motifs is 1. The topological polar surface area (TPSA) is 45.2 Å². The molecule has 0 bridgehead atoms. The first kappa shape index (κ1) is 27.4. The number of likely N-dealkylation sites (N-methyl/N-ethyl adjacent to an activating group) is 1. The third-order valence-corrected chi connectivity index (χ3v) is 8.76. The van der Waals surface area contributed by atoms with Gasteiger partial charge in [0.2, 0.25) is 0 Å². The molecule has 1 fully saturated rings. The number of hydrogen-bond acceptors (Lipinski definition) is 5. The summed E-state index contributed by atoms with van der Waals surface area (Å²) in [7, 11) is 6.13. The van der Waals surface area contributed by atoms with Crippen LogP contribution in [0, 0.1) is 0 Å². The highest BCUT2D eigenvalue weighted by Crippen LogP contribution is 2.40. The van der Waals surface area contributed by atoms with Gasteiger partial charge in [-0.1, -0.05) is 43.5 Å². The molecule has 1 atom stereocenters. The van der Waals surface area contributed by atoms with Crippen LogP contribution in [0.15, 0.2) is 60.7 Å². The number of hydrogen-bond donors (Lipinski definition) is 1. The van der Waals surface area contributed by atoms with E-state index in [4.69, 9.17) is 9.47 Å². The van der Waals surface area contributed by atoms with Crippen LogP contribution in [0.3, 0.4) is 0 Å². The molecule has 2 aliphatic carbocycles. The van der Waals surface area contributed by atoms with Gasteiger partial charge in [-0.2, -0.15) is 0 Å². The van der Waals surface area contributed by atoms with Crippen molar-refractivity contribution in [1.29, 1.82) is 0 Å². The second kappa shape index (κ2) is 12.8. The zero-order valence-electron chi connectivity index (χ0n) is 23.9. The van der Waals surface area contributed by atoms with Gasteiger partial charge in [0.25, 0.3) is 0 Å². The van der Waals surface area contributed by atoms with Crippen molar-refractivity contribution in [3.8, 4) is 17.2 Å². The van der Waals surface area contributed by atoms with Crippen molar-refractivity contribution < 1.29 is 14.6 Å². The van der Waals surface area contributed by atoms with Crippen molar-refractivity contribution in [2.75, 3.05) is 39.3 Å². The van der Waals surface area contributed by atoms with Crippen molar-refractivity contribution >= 4 is 5.69 Å². The molecule has 5 heteroatoms. The lowest BCUT2D eigenvalue weighted by molar-refractivity contribution is 0.160. The van der Waals surface area contributed by atoms with Gasteiger partial charge in [0.05, 0.1) is 7.11 Å². The molecule has 0 aromatic heterocycles. The summed E-state index contributed by atoms with van der Waals surface area (Å²) < 4.78 is 11.7. The number of aryl methyl sites for hydroxylation is 1. The van der Waals surface area contributed by atoms with Crippen molar-refractivity contribution in [3.63, 3.8) is 0 Å². The number of aromatic hydroxyl groups is 1. The lowest BCUT2D eigenvalue weighted by Gasteiger charge is -2.31. The van der Waals surface area contributed by atoms with Gasteiger partial charge in [0, 0.05) is 37.9 Å². The molecule has 1 N–H and O–H groups in total. The Bertz CT molecular complexity index is 1220. The molecule has 0 aliphatic heterocycles. The molecule has 0 heterocycles. The number of phenolic OH excluding ortho intramolecular Hbond substituents is 1. The van der Waals surface area contributed by atoms with E-state index in [-0.39, 0.29) is 0 Å². The van der Waals surface area contributed by atoms with Gasteiger partial charge in [-0.25, -0.2) is 0 Å². The minimum absolute atomic E-state index is 0.361. The number of anilines is 1. The lowest BCUT2D eigenvalue weighted by atomic mass is 9.79. The maximum absolute atomic E-state index is 9.89. The fourth-order valence-corrected chi connectivity index (χ4v) is 6.40. The largest absolute Gasteiger partial charge is 0.508 e. The molecular weight excluding hydrogens is 484 g/mol. The molecule has 1 unspecified atom stereocenters. The van der Waals surface area contributed by atoms with E-state index < -0.39 is 0 Å². The van der Waals surface area contributed by atoms with Crippen LogP contribution >= 0.6 is 0 Å². The van der Waals surface area contributed by atoms with Gasteiger partial charge in [-0.15, -0.1) is 0 Å². The zero-order chi connectivity index (χ0) is 27.2. The monoisotopic (exact) mass is 528 g/mol. The van der Waals surface area contributed by atoms with Gasteiger partial charge < -0.3 is 24.4 Å². The molecule has 5 rings (SSSR count). The van der Waals surface area contributed by atoms with Gasteiger partial charge >= 0.3 is 0 Å². The van der Waals surface area contributed by atoms with Crippen LogP contribution in [0.4, 0.5) is 5.69 Å². The number of phenols is 1. The summed E-state index contributed by atoms with van der Waals surface area (Å²) in [5.41, 5.74) is 6.45. The molecule has 5 nitrogen and oxygen atoms in total. The Labute approximate surface area is 234 Å². The Morgan fingerprint density at radius 1 is 0.846 bits per heavy atom. The van der Waals surface area contributed by atoms with Gasteiger partial charge in [0.1, 0.15) is 23.9 Å². The van der Waals surface area contributed by atoms with E-state index in [1.165, 1.54) is 60.0 Å². The van der Waals surface area contributed by atoms with Crippen LogP contribution in [-0.4, -0.2) is 50.4 Å². The van der Waals surface area contributed by atoms with Crippen LogP contribution in [0.1, 0.15) is 66.7 Å². The van der Waals surface area contributed by atoms with Crippen LogP contribution in [-0.2, 0) is 19.4 Å². The highest BCUT2D eigenvalue weighted by Gasteiger charge is 2.24. The third kappa shape index (κ3) is 6.88. The number of methoxy groups -OCH3 is 1. The van der Waals surface area contributed by atoms with E-state index in [1.54, 1.807) is 7.11 Å². The molecule has 0 amide bonds. The minimum Gasteiger partial charge on any atom is -0.508 e. The van der Waals surface area contributed by atoms with E-state index in [2.05, 4.69) is 72.4 Å². The summed E-state index contributed by atoms with van der Waals surface area (Å²) in [5, 5.41) is 9.89. The predicted molar refractivity (Wildman–Crippen MR) is 159 cm³/mol. The summed E-state index contributed by atoms with van der Waals surface area (Å²) in [5.74, 6) is 2.62. The summed E-state index contributed by atoms with van der Waals surface area (Å²) in [6.07, 6.45) is 9.82. The zero-order valence-corrected chi connectivity index (χ0v) is 23.9. The van der Waals surface area contributed by atoms with Crippen LogP contribution in [0.2, 0.25) is 0 Å². The average Bonchev–Trinajstić information content (AvgIpc) is 2.97. The predicted octanol–water partition coefficient (Wildman–Crippen LogP) is 6.95. The second-order valence-electron chi connectivity index (χ2n) is 11.4. The van der Waals surface area contributed by atoms with Gasteiger partial charge in [-0.3, -0.25) is 0 Å².